The van der Waals surface area contributed by atoms with Crippen molar-refractivity contribution in [1.29, 1.82) is 0 Å². The number of hydrogen-bond acceptors (Lipinski definition) is 2. The molecule has 2 N–H and O–H groups in total. The summed E-state index contributed by atoms with van der Waals surface area (Å²) >= 11 is 0. The predicted molar refractivity (Wildman–Crippen MR) is 88.4 cm³/mol. The maximum Gasteiger partial charge on any atom is 0.0465 e. The predicted octanol–water partition coefficient (Wildman–Crippen LogP) is 3.84. The molecule has 1 atom stereocenters. The Morgan fingerprint density at radius 1 is 0.810 bits per heavy atom. The van der Waals surface area contributed by atoms with Crippen molar-refractivity contribution >= 4 is 0 Å². The number of rotatable bonds is 5. The highest BCUT2D eigenvalue weighted by molar-refractivity contribution is 5.33. The van der Waals surface area contributed by atoms with E-state index >= 15 is 0 Å². The van der Waals surface area contributed by atoms with Crippen LogP contribution in [0.15, 0.2) is 60.7 Å². The van der Waals surface area contributed by atoms with Crippen LogP contribution < -0.4 is 0 Å². The second kappa shape index (κ2) is 10.1. The molecule has 2 rings (SSSR count). The summed E-state index contributed by atoms with van der Waals surface area (Å²) < 4.78 is 0. The van der Waals surface area contributed by atoms with E-state index in [0.29, 0.717) is 6.61 Å². The largest absolute Gasteiger partial charge is 0.396 e. The van der Waals surface area contributed by atoms with Gasteiger partial charge < -0.3 is 10.2 Å². The van der Waals surface area contributed by atoms with Crippen molar-refractivity contribution in [1.82, 2.24) is 0 Å². The first kappa shape index (κ1) is 17.4. The zero-order chi connectivity index (χ0) is 15.5. The molecule has 0 aromatic heterocycles. The number of aliphatic hydroxyl groups excluding tert-OH is 2. The number of aliphatic hydroxyl groups is 2. The maximum absolute atomic E-state index is 9.43. The molecule has 0 bridgehead atoms. The van der Waals surface area contributed by atoms with Crippen molar-refractivity contribution in [3.63, 3.8) is 0 Å². The van der Waals surface area contributed by atoms with E-state index in [-0.39, 0.29) is 18.4 Å². The third kappa shape index (κ3) is 5.70. The van der Waals surface area contributed by atoms with Crippen LogP contribution in [-0.4, -0.2) is 23.4 Å². The lowest BCUT2D eigenvalue weighted by Crippen LogP contribution is -2.14. The van der Waals surface area contributed by atoms with Gasteiger partial charge in [0.1, 0.15) is 0 Å². The van der Waals surface area contributed by atoms with Gasteiger partial charge in [-0.3, -0.25) is 0 Å². The van der Waals surface area contributed by atoms with Crippen LogP contribution in [0.1, 0.15) is 37.3 Å². The maximum atomic E-state index is 9.43. The molecule has 2 nitrogen and oxygen atoms in total. The molecule has 0 heterocycles. The Balaban J connectivity index is 0.000000491. The van der Waals surface area contributed by atoms with Gasteiger partial charge in [-0.1, -0.05) is 74.5 Å². The summed E-state index contributed by atoms with van der Waals surface area (Å²) in [7, 11) is 0. The molecule has 0 saturated heterocycles. The van der Waals surface area contributed by atoms with Crippen LogP contribution in [-0.2, 0) is 0 Å². The average molecular weight is 286 g/mol. The van der Waals surface area contributed by atoms with Gasteiger partial charge in [0, 0.05) is 19.1 Å². The highest BCUT2D eigenvalue weighted by Crippen LogP contribution is 2.31. The summed E-state index contributed by atoms with van der Waals surface area (Å²) in [6.07, 6.45) is 0.875. The Morgan fingerprint density at radius 2 is 1.19 bits per heavy atom. The Labute approximate surface area is 128 Å². The number of hydrogen-bond donors (Lipinski definition) is 2. The molecule has 0 aliphatic rings. The van der Waals surface area contributed by atoms with E-state index in [1.807, 2.05) is 19.1 Å². The fourth-order valence-electron chi connectivity index (χ4n) is 2.28. The lowest BCUT2D eigenvalue weighted by atomic mass is 9.82. The van der Waals surface area contributed by atoms with Gasteiger partial charge in [-0.25, -0.2) is 0 Å². The molecule has 2 aromatic rings. The Bertz CT molecular complexity index is 426. The zero-order valence-electron chi connectivity index (χ0n) is 12.9. The van der Waals surface area contributed by atoms with Crippen molar-refractivity contribution < 1.29 is 10.2 Å². The SMILES string of the molecule is CC(CO)C(c1ccccc1)c1ccccc1.CCCO. The molecule has 0 saturated carbocycles. The summed E-state index contributed by atoms with van der Waals surface area (Å²) in [6.45, 7) is 4.54. The van der Waals surface area contributed by atoms with Crippen LogP contribution in [0.3, 0.4) is 0 Å². The van der Waals surface area contributed by atoms with Crippen LogP contribution in [0, 0.1) is 5.92 Å². The molecule has 0 spiro atoms. The lowest BCUT2D eigenvalue weighted by molar-refractivity contribution is 0.225. The smallest absolute Gasteiger partial charge is 0.0465 e. The van der Waals surface area contributed by atoms with Crippen LogP contribution in [0.25, 0.3) is 0 Å². The van der Waals surface area contributed by atoms with E-state index < -0.39 is 0 Å². The second-order valence-electron chi connectivity index (χ2n) is 5.18. The van der Waals surface area contributed by atoms with E-state index in [1.165, 1.54) is 11.1 Å². The molecule has 0 amide bonds. The highest BCUT2D eigenvalue weighted by Gasteiger charge is 2.20. The van der Waals surface area contributed by atoms with Crippen LogP contribution in [0.4, 0.5) is 0 Å². The minimum absolute atomic E-state index is 0.203. The van der Waals surface area contributed by atoms with E-state index in [1.54, 1.807) is 0 Å². The van der Waals surface area contributed by atoms with E-state index in [2.05, 4.69) is 55.5 Å². The van der Waals surface area contributed by atoms with E-state index in [9.17, 15) is 5.11 Å². The van der Waals surface area contributed by atoms with Gasteiger partial charge in [0.25, 0.3) is 0 Å². The molecule has 1 unspecified atom stereocenters. The van der Waals surface area contributed by atoms with E-state index in [0.717, 1.165) is 6.42 Å². The molecular weight excluding hydrogens is 260 g/mol. The highest BCUT2D eigenvalue weighted by atomic mass is 16.3. The summed E-state index contributed by atoms with van der Waals surface area (Å²) in [6, 6.07) is 20.8. The topological polar surface area (TPSA) is 40.5 Å². The molecule has 114 valence electrons. The van der Waals surface area contributed by atoms with Gasteiger partial charge in [-0.05, 0) is 23.5 Å². The molecule has 0 fully saturated rings. The first-order valence-electron chi connectivity index (χ1n) is 7.56. The van der Waals surface area contributed by atoms with Gasteiger partial charge >= 0.3 is 0 Å². The monoisotopic (exact) mass is 286 g/mol. The van der Waals surface area contributed by atoms with Crippen molar-refractivity contribution in [3.05, 3.63) is 71.8 Å². The standard InChI is InChI=1S/C16H18O.C3H8O/c1-13(12-17)16(14-8-4-2-5-9-14)15-10-6-3-7-11-15;1-2-3-4/h2-11,13,16-17H,12H2,1H3;4H,2-3H2,1H3. The fourth-order valence-corrected chi connectivity index (χ4v) is 2.28. The first-order chi connectivity index (χ1) is 10.2. The normalized spacial score (nSPS) is 11.7. The summed E-state index contributed by atoms with van der Waals surface area (Å²) in [4.78, 5) is 0. The average Bonchev–Trinajstić information content (AvgIpc) is 2.57. The lowest BCUT2D eigenvalue weighted by Gasteiger charge is -2.23. The quantitative estimate of drug-likeness (QED) is 0.877. The molecule has 21 heavy (non-hydrogen) atoms. The third-order valence-electron chi connectivity index (χ3n) is 3.40. The Hall–Kier alpha value is -1.64. The molecule has 2 heteroatoms. The zero-order valence-corrected chi connectivity index (χ0v) is 12.9. The summed E-state index contributed by atoms with van der Waals surface area (Å²) in [5.41, 5.74) is 2.53. The van der Waals surface area contributed by atoms with Crippen molar-refractivity contribution in [2.45, 2.75) is 26.2 Å². The van der Waals surface area contributed by atoms with Gasteiger partial charge in [-0.15, -0.1) is 0 Å². The minimum Gasteiger partial charge on any atom is -0.396 e. The van der Waals surface area contributed by atoms with Gasteiger partial charge in [0.2, 0.25) is 0 Å². The van der Waals surface area contributed by atoms with E-state index in [4.69, 9.17) is 5.11 Å². The third-order valence-corrected chi connectivity index (χ3v) is 3.40. The first-order valence-corrected chi connectivity index (χ1v) is 7.56. The van der Waals surface area contributed by atoms with Gasteiger partial charge in [0.15, 0.2) is 0 Å². The van der Waals surface area contributed by atoms with Gasteiger partial charge in [0.05, 0.1) is 0 Å². The van der Waals surface area contributed by atoms with Crippen molar-refractivity contribution in [3.8, 4) is 0 Å². The molecule has 0 radical (unpaired) electrons. The van der Waals surface area contributed by atoms with Gasteiger partial charge in [-0.2, -0.15) is 0 Å². The molecular formula is C19H26O2. The second-order valence-corrected chi connectivity index (χ2v) is 5.18. The number of benzene rings is 2. The van der Waals surface area contributed by atoms with Crippen LogP contribution in [0.5, 0.6) is 0 Å². The Kier molecular flexibility index (Phi) is 8.41. The van der Waals surface area contributed by atoms with Crippen LogP contribution >= 0.6 is 0 Å². The Morgan fingerprint density at radius 3 is 1.48 bits per heavy atom. The molecule has 0 aliphatic carbocycles. The fraction of sp³-hybridized carbons (Fsp3) is 0.368. The molecule has 2 aromatic carbocycles. The van der Waals surface area contributed by atoms with Crippen LogP contribution in [0.2, 0.25) is 0 Å². The van der Waals surface area contributed by atoms with Crippen molar-refractivity contribution in [2.75, 3.05) is 13.2 Å². The minimum atomic E-state index is 0.203. The summed E-state index contributed by atoms with van der Waals surface area (Å²) in [5.74, 6) is 0.488. The van der Waals surface area contributed by atoms with Crippen molar-refractivity contribution in [2.24, 2.45) is 5.92 Å². The summed E-state index contributed by atoms with van der Waals surface area (Å²) in [5, 5.41) is 17.3. The molecule has 0 aliphatic heterocycles.